The van der Waals surface area contributed by atoms with Gasteiger partial charge in [-0.15, -0.1) is 0 Å². The second-order valence-corrected chi connectivity index (χ2v) is 4.75. The van der Waals surface area contributed by atoms with Gasteiger partial charge in [0.15, 0.2) is 0 Å². The highest BCUT2D eigenvalue weighted by Gasteiger charge is 2.37. The lowest BCUT2D eigenvalue weighted by Gasteiger charge is -2.38. The Morgan fingerprint density at radius 1 is 1.37 bits per heavy atom. The van der Waals surface area contributed by atoms with E-state index in [2.05, 4.69) is 20.4 Å². The van der Waals surface area contributed by atoms with Crippen LogP contribution in [0.2, 0.25) is 0 Å². The van der Waals surface area contributed by atoms with Gasteiger partial charge in [-0.1, -0.05) is 0 Å². The van der Waals surface area contributed by atoms with Crippen molar-refractivity contribution in [2.45, 2.75) is 18.4 Å². The molecule has 2 aromatic rings. The predicted octanol–water partition coefficient (Wildman–Crippen LogP) is 0.827. The molecule has 0 bridgehead atoms. The lowest BCUT2D eigenvalue weighted by Crippen LogP contribution is -2.46. The number of rotatable bonds is 2. The van der Waals surface area contributed by atoms with Crippen molar-refractivity contribution in [1.82, 2.24) is 20.4 Å². The fraction of sp³-hybridized carbons (Fsp3) is 0.417. The number of piperidine rings is 1. The van der Waals surface area contributed by atoms with Crippen molar-refractivity contribution in [2.75, 3.05) is 18.0 Å². The number of β-amino-alcohol motifs (C(OH)–C–C–N with tert-alkyl or cyclic N) is 1. The third kappa shape index (κ3) is 2.28. The number of hydrogen-bond acceptors (Lipinski definition) is 5. The zero-order valence-corrected chi connectivity index (χ0v) is 10.3. The highest BCUT2D eigenvalue weighted by atomic mass is 19.1. The largest absolute Gasteiger partial charge is 0.382 e. The SMILES string of the molecule is OC1(c2cn[nH]n2)CCCN(c2ccc(F)cn2)C1. The van der Waals surface area contributed by atoms with Crippen LogP contribution in [0.4, 0.5) is 10.2 Å². The van der Waals surface area contributed by atoms with Gasteiger partial charge < -0.3 is 10.0 Å². The van der Waals surface area contributed by atoms with E-state index < -0.39 is 5.60 Å². The molecule has 1 fully saturated rings. The average molecular weight is 263 g/mol. The van der Waals surface area contributed by atoms with E-state index in [1.807, 2.05) is 4.90 Å². The fourth-order valence-electron chi connectivity index (χ4n) is 2.42. The third-order valence-corrected chi connectivity index (χ3v) is 3.40. The molecule has 0 aromatic carbocycles. The van der Waals surface area contributed by atoms with Crippen molar-refractivity contribution >= 4 is 5.82 Å². The molecule has 1 aliphatic rings. The molecule has 0 radical (unpaired) electrons. The standard InChI is InChI=1S/C12H14FN5O/c13-9-2-3-11(14-6-9)18-5-1-4-12(19,8-18)10-7-15-17-16-10/h2-3,6-7,19H,1,4-5,8H2,(H,15,16,17). The molecular weight excluding hydrogens is 249 g/mol. The fourth-order valence-corrected chi connectivity index (χ4v) is 2.42. The van der Waals surface area contributed by atoms with Gasteiger partial charge in [0, 0.05) is 6.54 Å². The Kier molecular flexibility index (Phi) is 2.90. The van der Waals surface area contributed by atoms with Crippen molar-refractivity contribution in [3.63, 3.8) is 0 Å². The molecule has 2 N–H and O–H groups in total. The van der Waals surface area contributed by atoms with Crippen molar-refractivity contribution in [2.24, 2.45) is 0 Å². The first-order valence-corrected chi connectivity index (χ1v) is 6.12. The van der Waals surface area contributed by atoms with E-state index in [4.69, 9.17) is 0 Å². The van der Waals surface area contributed by atoms with Gasteiger partial charge in [-0.2, -0.15) is 15.4 Å². The Hall–Kier alpha value is -2.02. The summed E-state index contributed by atoms with van der Waals surface area (Å²) in [7, 11) is 0. The second kappa shape index (κ2) is 4.58. The van der Waals surface area contributed by atoms with Crippen molar-refractivity contribution < 1.29 is 9.50 Å². The summed E-state index contributed by atoms with van der Waals surface area (Å²) in [5, 5.41) is 20.9. The van der Waals surface area contributed by atoms with Crippen molar-refractivity contribution in [3.05, 3.63) is 36.0 Å². The number of aromatic amines is 1. The summed E-state index contributed by atoms with van der Waals surface area (Å²) >= 11 is 0. The molecule has 1 aliphatic heterocycles. The molecule has 3 heterocycles. The molecule has 1 saturated heterocycles. The predicted molar refractivity (Wildman–Crippen MR) is 65.9 cm³/mol. The minimum atomic E-state index is -1.04. The van der Waals surface area contributed by atoms with E-state index in [1.54, 1.807) is 6.07 Å². The van der Waals surface area contributed by atoms with E-state index in [9.17, 15) is 9.50 Å². The maximum atomic E-state index is 12.9. The van der Waals surface area contributed by atoms with Crippen molar-refractivity contribution in [1.29, 1.82) is 0 Å². The Bertz CT molecular complexity index is 544. The van der Waals surface area contributed by atoms with Crippen LogP contribution in [0.15, 0.2) is 24.5 Å². The Morgan fingerprint density at radius 2 is 2.26 bits per heavy atom. The maximum absolute atomic E-state index is 12.9. The van der Waals surface area contributed by atoms with E-state index in [-0.39, 0.29) is 5.82 Å². The van der Waals surface area contributed by atoms with Gasteiger partial charge in [0.1, 0.15) is 22.9 Å². The molecule has 0 spiro atoms. The first kappa shape index (κ1) is 12.0. The molecule has 1 atom stereocenters. The number of halogens is 1. The summed E-state index contributed by atoms with van der Waals surface area (Å²) in [5.41, 5.74) is -0.513. The van der Waals surface area contributed by atoms with Gasteiger partial charge in [0.25, 0.3) is 0 Å². The lowest BCUT2D eigenvalue weighted by molar-refractivity contribution is 0.0175. The minimum absolute atomic E-state index is 0.368. The highest BCUT2D eigenvalue weighted by molar-refractivity contribution is 5.40. The average Bonchev–Trinajstić information content (AvgIpc) is 2.94. The summed E-state index contributed by atoms with van der Waals surface area (Å²) in [6.45, 7) is 1.15. The molecular formula is C12H14FN5O. The van der Waals surface area contributed by atoms with Gasteiger partial charge >= 0.3 is 0 Å². The Balaban J connectivity index is 1.83. The van der Waals surface area contributed by atoms with Crippen LogP contribution in [-0.2, 0) is 5.60 Å². The molecule has 7 heteroatoms. The van der Waals surface area contributed by atoms with Crippen LogP contribution in [0.25, 0.3) is 0 Å². The number of aliphatic hydroxyl groups is 1. The molecule has 0 amide bonds. The van der Waals surface area contributed by atoms with Crippen LogP contribution in [0.3, 0.4) is 0 Å². The van der Waals surface area contributed by atoms with Crippen LogP contribution in [0.1, 0.15) is 18.5 Å². The minimum Gasteiger partial charge on any atom is -0.382 e. The van der Waals surface area contributed by atoms with Crippen LogP contribution in [-0.4, -0.2) is 38.6 Å². The number of aromatic nitrogens is 4. The van der Waals surface area contributed by atoms with Crippen LogP contribution < -0.4 is 4.90 Å². The zero-order chi connectivity index (χ0) is 13.3. The zero-order valence-electron chi connectivity index (χ0n) is 10.3. The number of pyridine rings is 1. The van der Waals surface area contributed by atoms with Crippen LogP contribution in [0.5, 0.6) is 0 Å². The first-order valence-electron chi connectivity index (χ1n) is 6.12. The Labute approximate surface area is 109 Å². The molecule has 0 aliphatic carbocycles. The van der Waals surface area contributed by atoms with Crippen molar-refractivity contribution in [3.8, 4) is 0 Å². The van der Waals surface area contributed by atoms with Crippen LogP contribution in [0, 0.1) is 5.82 Å². The van der Waals surface area contributed by atoms with E-state index in [1.165, 1.54) is 18.5 Å². The van der Waals surface area contributed by atoms with Gasteiger partial charge in [0.05, 0.1) is 18.9 Å². The van der Waals surface area contributed by atoms with E-state index >= 15 is 0 Å². The monoisotopic (exact) mass is 263 g/mol. The number of anilines is 1. The molecule has 1 unspecified atom stereocenters. The number of nitrogens with one attached hydrogen (secondary N) is 1. The molecule has 19 heavy (non-hydrogen) atoms. The maximum Gasteiger partial charge on any atom is 0.141 e. The summed E-state index contributed by atoms with van der Waals surface area (Å²) in [6.07, 6.45) is 4.14. The number of hydrogen-bond donors (Lipinski definition) is 2. The summed E-state index contributed by atoms with van der Waals surface area (Å²) < 4.78 is 12.9. The normalized spacial score (nSPS) is 23.6. The summed E-state index contributed by atoms with van der Waals surface area (Å²) in [4.78, 5) is 5.97. The Morgan fingerprint density at radius 3 is 2.95 bits per heavy atom. The highest BCUT2D eigenvalue weighted by Crippen LogP contribution is 2.31. The lowest BCUT2D eigenvalue weighted by atomic mass is 9.90. The van der Waals surface area contributed by atoms with Gasteiger partial charge in [-0.3, -0.25) is 0 Å². The number of nitrogens with zero attached hydrogens (tertiary/aromatic N) is 4. The summed E-state index contributed by atoms with van der Waals surface area (Å²) in [6, 6.07) is 2.98. The van der Waals surface area contributed by atoms with Crippen LogP contribution >= 0.6 is 0 Å². The third-order valence-electron chi connectivity index (χ3n) is 3.40. The molecule has 3 rings (SSSR count). The van der Waals surface area contributed by atoms with E-state index in [0.717, 1.165) is 13.0 Å². The molecule has 100 valence electrons. The first-order chi connectivity index (χ1) is 9.17. The quantitative estimate of drug-likeness (QED) is 0.839. The molecule has 0 saturated carbocycles. The topological polar surface area (TPSA) is 77.9 Å². The number of H-pyrrole nitrogens is 1. The summed E-state index contributed by atoms with van der Waals surface area (Å²) in [5.74, 6) is 0.288. The molecule has 6 nitrogen and oxygen atoms in total. The van der Waals surface area contributed by atoms with Gasteiger partial charge in [-0.05, 0) is 25.0 Å². The molecule has 2 aromatic heterocycles. The van der Waals surface area contributed by atoms with Gasteiger partial charge in [0.2, 0.25) is 0 Å². The second-order valence-electron chi connectivity index (χ2n) is 4.75. The van der Waals surface area contributed by atoms with E-state index in [0.29, 0.717) is 24.5 Å². The smallest absolute Gasteiger partial charge is 0.141 e. The van der Waals surface area contributed by atoms with Gasteiger partial charge in [-0.25, -0.2) is 9.37 Å².